The molecule has 0 aromatic heterocycles. The molecule has 0 aliphatic carbocycles. The Balaban J connectivity index is 2.38. The van der Waals surface area contributed by atoms with Gasteiger partial charge in [-0.1, -0.05) is 29.3 Å². The van der Waals surface area contributed by atoms with Crippen LogP contribution in [0.4, 0.5) is 0 Å². The van der Waals surface area contributed by atoms with Gasteiger partial charge >= 0.3 is 0 Å². The van der Waals surface area contributed by atoms with E-state index >= 15 is 0 Å². The van der Waals surface area contributed by atoms with Gasteiger partial charge in [-0.15, -0.1) is 0 Å². The van der Waals surface area contributed by atoms with Crippen LogP contribution < -0.4 is 5.32 Å². The fourth-order valence-electron chi connectivity index (χ4n) is 1.92. The molecule has 76 valence electrons. The molecule has 0 spiro atoms. The molecule has 1 saturated heterocycles. The highest BCUT2D eigenvalue weighted by Gasteiger charge is 2.20. The number of hydrogen-bond donors (Lipinski definition) is 1. The molecule has 1 heterocycles. The molecule has 0 saturated carbocycles. The normalized spacial score (nSPS) is 21.5. The second-order valence-electron chi connectivity index (χ2n) is 3.77. The Bertz CT molecular complexity index is 343. The lowest BCUT2D eigenvalue weighted by Crippen LogP contribution is -2.08. The van der Waals surface area contributed by atoms with E-state index in [4.69, 9.17) is 23.2 Å². The second-order valence-corrected chi connectivity index (χ2v) is 4.55. The van der Waals surface area contributed by atoms with Crippen molar-refractivity contribution in [3.05, 3.63) is 33.3 Å². The molecule has 1 nitrogen and oxygen atoms in total. The monoisotopic (exact) mass is 229 g/mol. The van der Waals surface area contributed by atoms with Gasteiger partial charge in [-0.2, -0.15) is 0 Å². The number of nitrogens with one attached hydrogen (secondary N) is 1. The van der Waals surface area contributed by atoms with Crippen LogP contribution in [0.2, 0.25) is 10.0 Å². The number of halogens is 2. The number of benzene rings is 1. The van der Waals surface area contributed by atoms with Crippen molar-refractivity contribution >= 4 is 23.2 Å². The summed E-state index contributed by atoms with van der Waals surface area (Å²) in [4.78, 5) is 0. The van der Waals surface area contributed by atoms with Gasteiger partial charge in [0.25, 0.3) is 0 Å². The van der Waals surface area contributed by atoms with Crippen molar-refractivity contribution in [3.63, 3.8) is 0 Å². The van der Waals surface area contributed by atoms with E-state index in [0.717, 1.165) is 28.7 Å². The summed E-state index contributed by atoms with van der Waals surface area (Å²) in [7, 11) is 0. The van der Waals surface area contributed by atoms with Crippen LogP contribution in [0.3, 0.4) is 0 Å². The van der Waals surface area contributed by atoms with E-state index in [1.165, 1.54) is 12.0 Å². The number of hydrogen-bond acceptors (Lipinski definition) is 1. The summed E-state index contributed by atoms with van der Waals surface area (Å²) in [5.74, 6) is 0.554. The van der Waals surface area contributed by atoms with E-state index < -0.39 is 0 Å². The molecule has 1 aromatic rings. The lowest BCUT2D eigenvalue weighted by molar-refractivity contribution is 0.763. The molecule has 1 aliphatic rings. The first-order valence-corrected chi connectivity index (χ1v) is 5.61. The summed E-state index contributed by atoms with van der Waals surface area (Å²) in [6.07, 6.45) is 1.17. The quantitative estimate of drug-likeness (QED) is 0.779. The van der Waals surface area contributed by atoms with Crippen molar-refractivity contribution < 1.29 is 0 Å². The molecule has 1 fully saturated rings. The zero-order chi connectivity index (χ0) is 10.1. The Labute approximate surface area is 94.4 Å². The molecule has 0 amide bonds. The van der Waals surface area contributed by atoms with Crippen molar-refractivity contribution in [1.29, 1.82) is 0 Å². The molecule has 0 radical (unpaired) electrons. The van der Waals surface area contributed by atoms with Crippen LogP contribution in [0.5, 0.6) is 0 Å². The van der Waals surface area contributed by atoms with Crippen molar-refractivity contribution in [2.45, 2.75) is 19.3 Å². The van der Waals surface area contributed by atoms with Crippen molar-refractivity contribution in [2.75, 3.05) is 13.1 Å². The van der Waals surface area contributed by atoms with Gasteiger partial charge in [0.2, 0.25) is 0 Å². The smallest absolute Gasteiger partial charge is 0.0485 e. The summed E-state index contributed by atoms with van der Waals surface area (Å²) in [6.45, 7) is 4.08. The van der Waals surface area contributed by atoms with Crippen molar-refractivity contribution in [2.24, 2.45) is 0 Å². The molecule has 1 atom stereocenters. The molecule has 3 heteroatoms. The topological polar surface area (TPSA) is 12.0 Å². The molecule has 1 N–H and O–H groups in total. The maximum absolute atomic E-state index is 6.27. The first-order chi connectivity index (χ1) is 6.70. The van der Waals surface area contributed by atoms with E-state index in [1.807, 2.05) is 13.0 Å². The van der Waals surface area contributed by atoms with Gasteiger partial charge in [-0.3, -0.25) is 0 Å². The Kier molecular flexibility index (Phi) is 3.01. The van der Waals surface area contributed by atoms with Crippen LogP contribution in [-0.4, -0.2) is 13.1 Å². The van der Waals surface area contributed by atoms with E-state index in [0.29, 0.717) is 5.92 Å². The maximum atomic E-state index is 6.27. The van der Waals surface area contributed by atoms with Crippen LogP contribution in [0, 0.1) is 6.92 Å². The SMILES string of the molecule is Cc1c(Cl)ccc(C2CCNC2)c1Cl. The lowest BCUT2D eigenvalue weighted by Gasteiger charge is -2.13. The zero-order valence-corrected chi connectivity index (χ0v) is 9.62. The minimum atomic E-state index is 0.554. The van der Waals surface area contributed by atoms with Gasteiger partial charge in [0.1, 0.15) is 0 Å². The minimum Gasteiger partial charge on any atom is -0.316 e. The molecule has 0 bridgehead atoms. The molecule has 1 aromatic carbocycles. The van der Waals surface area contributed by atoms with Crippen LogP contribution in [0.15, 0.2) is 12.1 Å². The fourth-order valence-corrected chi connectivity index (χ4v) is 2.44. The van der Waals surface area contributed by atoms with Gasteiger partial charge in [-0.05, 0) is 43.0 Å². The zero-order valence-electron chi connectivity index (χ0n) is 8.11. The second kappa shape index (κ2) is 4.09. The largest absolute Gasteiger partial charge is 0.316 e. The molecule has 2 rings (SSSR count). The molecule has 1 unspecified atom stereocenters. The Morgan fingerprint density at radius 1 is 1.36 bits per heavy atom. The summed E-state index contributed by atoms with van der Waals surface area (Å²) in [6, 6.07) is 3.99. The first-order valence-electron chi connectivity index (χ1n) is 4.85. The van der Waals surface area contributed by atoms with Gasteiger partial charge < -0.3 is 5.32 Å². The predicted molar refractivity (Wildman–Crippen MR) is 61.4 cm³/mol. The van der Waals surface area contributed by atoms with E-state index in [1.54, 1.807) is 0 Å². The highest BCUT2D eigenvalue weighted by Crippen LogP contribution is 2.34. The van der Waals surface area contributed by atoms with E-state index in [-0.39, 0.29) is 0 Å². The summed E-state index contributed by atoms with van der Waals surface area (Å²) >= 11 is 12.3. The Morgan fingerprint density at radius 3 is 2.79 bits per heavy atom. The summed E-state index contributed by atoms with van der Waals surface area (Å²) in [5.41, 5.74) is 2.23. The molecule has 1 aliphatic heterocycles. The molecule has 14 heavy (non-hydrogen) atoms. The standard InChI is InChI=1S/C11H13Cl2N/c1-7-10(12)3-2-9(11(7)13)8-4-5-14-6-8/h2-3,8,14H,4-6H2,1H3. The summed E-state index contributed by atoms with van der Waals surface area (Å²) in [5, 5.41) is 4.93. The van der Waals surface area contributed by atoms with Crippen LogP contribution >= 0.6 is 23.2 Å². The van der Waals surface area contributed by atoms with Crippen LogP contribution in [0.1, 0.15) is 23.5 Å². The van der Waals surface area contributed by atoms with Crippen molar-refractivity contribution in [3.8, 4) is 0 Å². The lowest BCUT2D eigenvalue weighted by atomic mass is 9.97. The number of rotatable bonds is 1. The Morgan fingerprint density at radius 2 is 2.14 bits per heavy atom. The minimum absolute atomic E-state index is 0.554. The average Bonchev–Trinajstić information content (AvgIpc) is 2.67. The van der Waals surface area contributed by atoms with Gasteiger partial charge in [0.15, 0.2) is 0 Å². The third kappa shape index (κ3) is 1.77. The Hall–Kier alpha value is -0.240. The predicted octanol–water partition coefficient (Wildman–Crippen LogP) is 3.38. The van der Waals surface area contributed by atoms with Crippen molar-refractivity contribution in [1.82, 2.24) is 5.32 Å². The highest BCUT2D eigenvalue weighted by atomic mass is 35.5. The first kappa shape index (κ1) is 10.3. The van der Waals surface area contributed by atoms with Crippen LogP contribution in [0.25, 0.3) is 0 Å². The van der Waals surface area contributed by atoms with Gasteiger partial charge in [-0.25, -0.2) is 0 Å². The van der Waals surface area contributed by atoms with Crippen LogP contribution in [-0.2, 0) is 0 Å². The third-order valence-electron chi connectivity index (χ3n) is 2.85. The molecular formula is C11H13Cl2N. The van der Waals surface area contributed by atoms with E-state index in [2.05, 4.69) is 11.4 Å². The highest BCUT2D eigenvalue weighted by molar-refractivity contribution is 6.36. The van der Waals surface area contributed by atoms with E-state index in [9.17, 15) is 0 Å². The average molecular weight is 230 g/mol. The fraction of sp³-hybridized carbons (Fsp3) is 0.455. The molecular weight excluding hydrogens is 217 g/mol. The summed E-state index contributed by atoms with van der Waals surface area (Å²) < 4.78 is 0. The van der Waals surface area contributed by atoms with Gasteiger partial charge in [0.05, 0.1) is 0 Å². The maximum Gasteiger partial charge on any atom is 0.0485 e. The van der Waals surface area contributed by atoms with Gasteiger partial charge in [0, 0.05) is 16.6 Å². The third-order valence-corrected chi connectivity index (χ3v) is 3.76.